The quantitative estimate of drug-likeness (QED) is 0.545. The molecule has 0 radical (unpaired) electrons. The highest BCUT2D eigenvalue weighted by molar-refractivity contribution is 5.87. The van der Waals surface area contributed by atoms with E-state index in [0.29, 0.717) is 23.9 Å². The van der Waals surface area contributed by atoms with Crippen molar-refractivity contribution in [3.05, 3.63) is 72.7 Å². The Kier molecular flexibility index (Phi) is 4.38. The minimum Gasteiger partial charge on any atom is -0.493 e. The van der Waals surface area contributed by atoms with E-state index in [-0.39, 0.29) is 0 Å². The molecule has 0 unspecified atom stereocenters. The van der Waals surface area contributed by atoms with Gasteiger partial charge >= 0.3 is 0 Å². The van der Waals surface area contributed by atoms with Gasteiger partial charge in [0.05, 0.1) is 12.6 Å². The second kappa shape index (κ2) is 7.14. The lowest BCUT2D eigenvalue weighted by Gasteiger charge is -2.13. The summed E-state index contributed by atoms with van der Waals surface area (Å²) in [6.07, 6.45) is 3.37. The van der Waals surface area contributed by atoms with Crippen molar-refractivity contribution in [1.82, 2.24) is 15.0 Å². The summed E-state index contributed by atoms with van der Waals surface area (Å²) in [5, 5.41) is 3.29. The average Bonchev–Trinajstić information content (AvgIpc) is 3.17. The third kappa shape index (κ3) is 3.30. The van der Waals surface area contributed by atoms with Crippen LogP contribution in [0.5, 0.6) is 11.5 Å². The average molecular weight is 346 g/mol. The van der Waals surface area contributed by atoms with Crippen molar-refractivity contribution in [3.8, 4) is 11.5 Å². The van der Waals surface area contributed by atoms with Gasteiger partial charge < -0.3 is 19.8 Å². The predicted molar refractivity (Wildman–Crippen MR) is 101 cm³/mol. The Labute approximate surface area is 150 Å². The SMILES string of the molecule is COc1cc(Nc2ncnc3cc[nH]c23)ccc1OCc1ccccc1. The van der Waals surface area contributed by atoms with Crippen molar-refractivity contribution in [1.29, 1.82) is 0 Å². The van der Waals surface area contributed by atoms with Crippen LogP contribution in [0.2, 0.25) is 0 Å². The Morgan fingerprint density at radius 2 is 1.88 bits per heavy atom. The van der Waals surface area contributed by atoms with Crippen molar-refractivity contribution in [3.63, 3.8) is 0 Å². The summed E-state index contributed by atoms with van der Waals surface area (Å²) in [6, 6.07) is 17.6. The fourth-order valence-corrected chi connectivity index (χ4v) is 2.70. The molecule has 0 fully saturated rings. The number of nitrogens with one attached hydrogen (secondary N) is 2. The number of hydrogen-bond acceptors (Lipinski definition) is 5. The van der Waals surface area contributed by atoms with Gasteiger partial charge in [-0.1, -0.05) is 30.3 Å². The first-order valence-corrected chi connectivity index (χ1v) is 8.23. The maximum Gasteiger partial charge on any atom is 0.162 e. The molecular formula is C20H18N4O2. The van der Waals surface area contributed by atoms with Crippen LogP contribution >= 0.6 is 0 Å². The van der Waals surface area contributed by atoms with Crippen molar-refractivity contribution in [2.75, 3.05) is 12.4 Å². The van der Waals surface area contributed by atoms with E-state index in [1.807, 2.05) is 60.8 Å². The van der Waals surface area contributed by atoms with E-state index < -0.39 is 0 Å². The molecule has 0 aliphatic heterocycles. The van der Waals surface area contributed by atoms with Crippen LogP contribution in [0.4, 0.5) is 11.5 Å². The minimum absolute atomic E-state index is 0.485. The van der Waals surface area contributed by atoms with Crippen LogP contribution in [0, 0.1) is 0 Å². The van der Waals surface area contributed by atoms with E-state index in [1.165, 1.54) is 6.33 Å². The van der Waals surface area contributed by atoms with Gasteiger partial charge in [-0.05, 0) is 23.8 Å². The highest BCUT2D eigenvalue weighted by Crippen LogP contribution is 2.32. The second-order valence-corrected chi connectivity index (χ2v) is 5.73. The number of anilines is 2. The summed E-state index contributed by atoms with van der Waals surface area (Å²) in [6.45, 7) is 0.485. The van der Waals surface area contributed by atoms with Gasteiger partial charge in [-0.3, -0.25) is 0 Å². The first-order valence-electron chi connectivity index (χ1n) is 8.23. The lowest BCUT2D eigenvalue weighted by Crippen LogP contribution is -1.99. The summed E-state index contributed by atoms with van der Waals surface area (Å²) in [5.74, 6) is 2.05. The first kappa shape index (κ1) is 16.0. The van der Waals surface area contributed by atoms with E-state index in [4.69, 9.17) is 9.47 Å². The van der Waals surface area contributed by atoms with Crippen LogP contribution in [0.3, 0.4) is 0 Å². The molecule has 0 bridgehead atoms. The molecule has 0 spiro atoms. The van der Waals surface area contributed by atoms with Crippen molar-refractivity contribution >= 4 is 22.5 Å². The summed E-state index contributed by atoms with van der Waals surface area (Å²) in [5.41, 5.74) is 3.67. The molecule has 2 aromatic heterocycles. The van der Waals surface area contributed by atoms with E-state index in [2.05, 4.69) is 20.3 Å². The number of fused-ring (bicyclic) bond motifs is 1. The normalized spacial score (nSPS) is 10.7. The number of aromatic amines is 1. The Morgan fingerprint density at radius 3 is 2.73 bits per heavy atom. The summed E-state index contributed by atoms with van der Waals surface area (Å²) in [7, 11) is 1.63. The molecule has 0 saturated heterocycles. The number of hydrogen-bond donors (Lipinski definition) is 2. The predicted octanol–water partition coefficient (Wildman–Crippen LogP) is 4.29. The lowest BCUT2D eigenvalue weighted by atomic mass is 10.2. The van der Waals surface area contributed by atoms with Crippen LogP contribution in [0.25, 0.3) is 11.0 Å². The summed E-state index contributed by atoms with van der Waals surface area (Å²) >= 11 is 0. The van der Waals surface area contributed by atoms with Crippen molar-refractivity contribution < 1.29 is 9.47 Å². The van der Waals surface area contributed by atoms with Crippen molar-refractivity contribution in [2.45, 2.75) is 6.61 Å². The Morgan fingerprint density at radius 1 is 1.00 bits per heavy atom. The molecule has 6 heteroatoms. The first-order chi connectivity index (χ1) is 12.8. The minimum atomic E-state index is 0.485. The Hall–Kier alpha value is -3.54. The fourth-order valence-electron chi connectivity index (χ4n) is 2.70. The van der Waals surface area contributed by atoms with Crippen LogP contribution < -0.4 is 14.8 Å². The third-order valence-corrected chi connectivity index (χ3v) is 4.01. The van der Waals surface area contributed by atoms with E-state index >= 15 is 0 Å². The molecule has 6 nitrogen and oxygen atoms in total. The van der Waals surface area contributed by atoms with Gasteiger partial charge in [0.2, 0.25) is 0 Å². The zero-order valence-electron chi connectivity index (χ0n) is 14.3. The fraction of sp³-hybridized carbons (Fsp3) is 0.100. The van der Waals surface area contributed by atoms with E-state index in [1.54, 1.807) is 7.11 Å². The molecule has 26 heavy (non-hydrogen) atoms. The number of nitrogens with zero attached hydrogens (tertiary/aromatic N) is 2. The highest BCUT2D eigenvalue weighted by atomic mass is 16.5. The largest absolute Gasteiger partial charge is 0.493 e. The molecule has 0 aliphatic rings. The van der Waals surface area contributed by atoms with Gasteiger partial charge in [-0.25, -0.2) is 9.97 Å². The third-order valence-electron chi connectivity index (χ3n) is 4.01. The van der Waals surface area contributed by atoms with Gasteiger partial charge in [-0.15, -0.1) is 0 Å². The monoisotopic (exact) mass is 346 g/mol. The van der Waals surface area contributed by atoms with E-state index in [0.717, 1.165) is 22.3 Å². The lowest BCUT2D eigenvalue weighted by molar-refractivity contribution is 0.284. The number of benzene rings is 2. The Balaban J connectivity index is 1.54. The number of aromatic nitrogens is 3. The second-order valence-electron chi connectivity index (χ2n) is 5.73. The topological polar surface area (TPSA) is 72.1 Å². The van der Waals surface area contributed by atoms with Crippen LogP contribution in [-0.2, 0) is 6.61 Å². The molecule has 130 valence electrons. The van der Waals surface area contributed by atoms with Gasteiger partial charge in [0, 0.05) is 18.0 Å². The summed E-state index contributed by atoms with van der Waals surface area (Å²) in [4.78, 5) is 11.7. The van der Waals surface area contributed by atoms with Crippen LogP contribution in [0.15, 0.2) is 67.1 Å². The molecule has 2 aromatic carbocycles. The molecule has 0 saturated carbocycles. The van der Waals surface area contributed by atoms with E-state index in [9.17, 15) is 0 Å². The molecule has 0 aliphatic carbocycles. The van der Waals surface area contributed by atoms with Crippen LogP contribution in [0.1, 0.15) is 5.56 Å². The number of ether oxygens (including phenoxy) is 2. The maximum absolute atomic E-state index is 5.89. The molecule has 0 amide bonds. The maximum atomic E-state index is 5.89. The molecule has 0 atom stereocenters. The van der Waals surface area contributed by atoms with Crippen molar-refractivity contribution in [2.24, 2.45) is 0 Å². The standard InChI is InChI=1S/C20H18N4O2/c1-25-18-11-15(24-20-19-16(9-10-21-19)22-13-23-20)7-8-17(18)26-12-14-5-3-2-4-6-14/h2-11,13,21H,12H2,1H3,(H,22,23,24). The van der Waals surface area contributed by atoms with Gasteiger partial charge in [-0.2, -0.15) is 0 Å². The molecule has 4 aromatic rings. The van der Waals surface area contributed by atoms with Gasteiger partial charge in [0.15, 0.2) is 17.3 Å². The number of methoxy groups -OCH3 is 1. The molecule has 2 heterocycles. The number of rotatable bonds is 6. The smallest absolute Gasteiger partial charge is 0.162 e. The van der Waals surface area contributed by atoms with Gasteiger partial charge in [0.25, 0.3) is 0 Å². The molecule has 2 N–H and O–H groups in total. The zero-order valence-corrected chi connectivity index (χ0v) is 14.3. The molecule has 4 rings (SSSR count). The van der Waals surface area contributed by atoms with Crippen LogP contribution in [-0.4, -0.2) is 22.1 Å². The zero-order chi connectivity index (χ0) is 17.8. The molecular weight excluding hydrogens is 328 g/mol. The summed E-state index contributed by atoms with van der Waals surface area (Å²) < 4.78 is 11.4. The number of H-pyrrole nitrogens is 1. The highest BCUT2D eigenvalue weighted by Gasteiger charge is 2.09. The Bertz CT molecular complexity index is 1010. The van der Waals surface area contributed by atoms with Gasteiger partial charge in [0.1, 0.15) is 18.5 Å².